The lowest BCUT2D eigenvalue weighted by Crippen LogP contribution is -2.12. The average molecular weight is 320 g/mol. The van der Waals surface area contributed by atoms with Crippen molar-refractivity contribution in [3.8, 4) is 0 Å². The van der Waals surface area contributed by atoms with Gasteiger partial charge >= 0.3 is 0 Å². The summed E-state index contributed by atoms with van der Waals surface area (Å²) in [6.07, 6.45) is 2.64. The number of hydrogen-bond acceptors (Lipinski definition) is 1. The third kappa shape index (κ3) is 2.13. The molecule has 1 aromatic carbocycles. The van der Waals surface area contributed by atoms with Crippen LogP contribution in [0.4, 0.5) is 4.39 Å². The van der Waals surface area contributed by atoms with E-state index in [-0.39, 0.29) is 11.7 Å². The standard InChI is InChI=1S/C13H13BrClFO/c14-10-5-12(16)9(4-11(10)15)13(17)8-2-6-1-7(6)3-8/h4-8,13,17H,1-3H2. The third-order valence-corrected chi connectivity index (χ3v) is 5.28. The van der Waals surface area contributed by atoms with Crippen LogP contribution < -0.4 is 0 Å². The molecule has 0 saturated heterocycles. The van der Waals surface area contributed by atoms with Gasteiger partial charge in [-0.05, 0) is 65.1 Å². The molecule has 1 aromatic rings. The molecule has 0 aliphatic heterocycles. The van der Waals surface area contributed by atoms with Crippen LogP contribution >= 0.6 is 27.5 Å². The van der Waals surface area contributed by atoms with E-state index in [1.54, 1.807) is 0 Å². The lowest BCUT2D eigenvalue weighted by Gasteiger charge is -2.20. The van der Waals surface area contributed by atoms with Crippen molar-refractivity contribution >= 4 is 27.5 Å². The molecule has 2 aliphatic rings. The summed E-state index contributed by atoms with van der Waals surface area (Å²) in [4.78, 5) is 0. The zero-order valence-corrected chi connectivity index (χ0v) is 11.5. The van der Waals surface area contributed by atoms with Crippen LogP contribution in [0.5, 0.6) is 0 Å². The SMILES string of the molecule is OC(c1cc(Cl)c(Br)cc1F)C1CC2CC2C1. The lowest BCUT2D eigenvalue weighted by molar-refractivity contribution is 0.101. The molecule has 3 unspecified atom stereocenters. The van der Waals surface area contributed by atoms with E-state index in [9.17, 15) is 9.50 Å². The molecule has 0 heterocycles. The van der Waals surface area contributed by atoms with Gasteiger partial charge in [0.2, 0.25) is 0 Å². The van der Waals surface area contributed by atoms with Crippen molar-refractivity contribution in [2.24, 2.45) is 17.8 Å². The van der Waals surface area contributed by atoms with Crippen LogP contribution in [0.15, 0.2) is 16.6 Å². The first-order valence-electron chi connectivity index (χ1n) is 5.88. The highest BCUT2D eigenvalue weighted by Crippen LogP contribution is 2.57. The summed E-state index contributed by atoms with van der Waals surface area (Å²) >= 11 is 9.13. The molecule has 0 spiro atoms. The Morgan fingerprint density at radius 3 is 2.59 bits per heavy atom. The number of benzene rings is 1. The molecular weight excluding hydrogens is 306 g/mol. The Morgan fingerprint density at radius 1 is 1.29 bits per heavy atom. The second kappa shape index (κ2) is 4.22. The smallest absolute Gasteiger partial charge is 0.130 e. The number of fused-ring (bicyclic) bond motifs is 1. The fraction of sp³-hybridized carbons (Fsp3) is 0.538. The molecule has 3 rings (SSSR count). The predicted molar refractivity (Wildman–Crippen MR) is 68.4 cm³/mol. The van der Waals surface area contributed by atoms with E-state index in [2.05, 4.69) is 15.9 Å². The normalized spacial score (nSPS) is 32.4. The Morgan fingerprint density at radius 2 is 1.94 bits per heavy atom. The van der Waals surface area contributed by atoms with Gasteiger partial charge in [0.1, 0.15) is 5.82 Å². The van der Waals surface area contributed by atoms with E-state index in [0.717, 1.165) is 24.7 Å². The second-order valence-corrected chi connectivity index (χ2v) is 6.48. The molecule has 0 aromatic heterocycles. The molecule has 0 amide bonds. The summed E-state index contributed by atoms with van der Waals surface area (Å²) in [7, 11) is 0. The first-order valence-corrected chi connectivity index (χ1v) is 7.06. The Bertz CT molecular complexity index is 455. The Balaban J connectivity index is 1.85. The monoisotopic (exact) mass is 318 g/mol. The van der Waals surface area contributed by atoms with Crippen molar-refractivity contribution in [2.45, 2.75) is 25.4 Å². The van der Waals surface area contributed by atoms with Crippen LogP contribution in [-0.4, -0.2) is 5.11 Å². The Labute approximate surface area is 113 Å². The van der Waals surface area contributed by atoms with Crippen molar-refractivity contribution in [1.82, 2.24) is 0 Å². The summed E-state index contributed by atoms with van der Waals surface area (Å²) in [6, 6.07) is 2.87. The largest absolute Gasteiger partial charge is 0.388 e. The van der Waals surface area contributed by atoms with E-state index >= 15 is 0 Å². The maximum absolute atomic E-state index is 13.8. The highest BCUT2D eigenvalue weighted by atomic mass is 79.9. The summed E-state index contributed by atoms with van der Waals surface area (Å²) < 4.78 is 14.3. The number of aliphatic hydroxyl groups is 1. The van der Waals surface area contributed by atoms with Crippen LogP contribution in [0.1, 0.15) is 30.9 Å². The second-order valence-electron chi connectivity index (χ2n) is 5.22. The van der Waals surface area contributed by atoms with E-state index in [0.29, 0.717) is 15.1 Å². The molecule has 2 aliphatic carbocycles. The molecule has 4 heteroatoms. The quantitative estimate of drug-likeness (QED) is 0.805. The third-order valence-electron chi connectivity index (χ3n) is 4.08. The van der Waals surface area contributed by atoms with Gasteiger partial charge in [-0.25, -0.2) is 4.39 Å². The average Bonchev–Trinajstić information content (AvgIpc) is 2.90. The highest BCUT2D eigenvalue weighted by Gasteiger charge is 2.48. The van der Waals surface area contributed by atoms with Crippen molar-refractivity contribution in [3.63, 3.8) is 0 Å². The molecule has 1 N–H and O–H groups in total. The van der Waals surface area contributed by atoms with E-state index < -0.39 is 6.10 Å². The summed E-state index contributed by atoms with van der Waals surface area (Å²) in [5, 5.41) is 10.7. The summed E-state index contributed by atoms with van der Waals surface area (Å²) in [5.74, 6) is 1.38. The minimum Gasteiger partial charge on any atom is -0.388 e. The van der Waals surface area contributed by atoms with Gasteiger partial charge < -0.3 is 5.11 Å². The van der Waals surface area contributed by atoms with Crippen LogP contribution in [-0.2, 0) is 0 Å². The maximum Gasteiger partial charge on any atom is 0.130 e. The zero-order valence-electron chi connectivity index (χ0n) is 9.17. The van der Waals surface area contributed by atoms with Gasteiger partial charge in [0.05, 0.1) is 11.1 Å². The van der Waals surface area contributed by atoms with Crippen molar-refractivity contribution in [1.29, 1.82) is 0 Å². The fourth-order valence-corrected chi connectivity index (χ4v) is 3.53. The number of aliphatic hydroxyl groups excluding tert-OH is 1. The highest BCUT2D eigenvalue weighted by molar-refractivity contribution is 9.10. The summed E-state index contributed by atoms with van der Waals surface area (Å²) in [6.45, 7) is 0. The van der Waals surface area contributed by atoms with Gasteiger partial charge in [0.25, 0.3) is 0 Å². The molecule has 3 atom stereocenters. The van der Waals surface area contributed by atoms with Crippen LogP contribution in [0.2, 0.25) is 5.02 Å². The van der Waals surface area contributed by atoms with E-state index in [4.69, 9.17) is 11.6 Å². The first-order chi connectivity index (χ1) is 8.06. The predicted octanol–water partition coefficient (Wildman–Crippen LogP) is 4.32. The van der Waals surface area contributed by atoms with Crippen molar-refractivity contribution in [3.05, 3.63) is 33.0 Å². The van der Waals surface area contributed by atoms with Gasteiger partial charge in [-0.3, -0.25) is 0 Å². The number of halogens is 3. The molecule has 0 bridgehead atoms. The van der Waals surface area contributed by atoms with Gasteiger partial charge in [0, 0.05) is 10.0 Å². The number of hydrogen-bond donors (Lipinski definition) is 1. The van der Waals surface area contributed by atoms with E-state index in [1.165, 1.54) is 18.6 Å². The Kier molecular flexibility index (Phi) is 2.96. The lowest BCUT2D eigenvalue weighted by atomic mass is 9.91. The molecular formula is C13H13BrClFO. The molecule has 2 fully saturated rings. The minimum absolute atomic E-state index is 0.200. The van der Waals surface area contributed by atoms with Gasteiger partial charge in [-0.15, -0.1) is 0 Å². The molecule has 17 heavy (non-hydrogen) atoms. The van der Waals surface area contributed by atoms with E-state index in [1.807, 2.05) is 0 Å². The topological polar surface area (TPSA) is 20.2 Å². The van der Waals surface area contributed by atoms with Crippen LogP contribution in [0, 0.1) is 23.6 Å². The minimum atomic E-state index is -0.714. The fourth-order valence-electron chi connectivity index (χ4n) is 3.04. The summed E-state index contributed by atoms with van der Waals surface area (Å²) in [5.41, 5.74) is 0.338. The van der Waals surface area contributed by atoms with Crippen molar-refractivity contribution < 1.29 is 9.50 Å². The molecule has 1 nitrogen and oxygen atoms in total. The molecule has 92 valence electrons. The first kappa shape index (κ1) is 11.9. The van der Waals surface area contributed by atoms with Crippen molar-refractivity contribution in [2.75, 3.05) is 0 Å². The zero-order chi connectivity index (χ0) is 12.2. The molecule has 2 saturated carbocycles. The van der Waals surface area contributed by atoms with Gasteiger partial charge in [-0.1, -0.05) is 11.6 Å². The number of rotatable bonds is 2. The van der Waals surface area contributed by atoms with Gasteiger partial charge in [-0.2, -0.15) is 0 Å². The van der Waals surface area contributed by atoms with Crippen LogP contribution in [0.25, 0.3) is 0 Å². The Hall–Kier alpha value is -0.120. The maximum atomic E-state index is 13.8. The van der Waals surface area contributed by atoms with Gasteiger partial charge in [0.15, 0.2) is 0 Å². The molecule has 0 radical (unpaired) electrons. The van der Waals surface area contributed by atoms with Crippen LogP contribution in [0.3, 0.4) is 0 Å².